The third-order valence-corrected chi connectivity index (χ3v) is 0.885. The van der Waals surface area contributed by atoms with Gasteiger partial charge in [0, 0.05) is 0 Å². The van der Waals surface area contributed by atoms with Crippen LogP contribution < -0.4 is 4.59 Å². The van der Waals surface area contributed by atoms with Crippen LogP contribution in [0, 0.1) is 0 Å². The molecular formula is C5H4CuN. The van der Waals surface area contributed by atoms with Gasteiger partial charge in [0.2, 0.25) is 0 Å². The van der Waals surface area contributed by atoms with E-state index in [0.29, 0.717) is 4.59 Å². The summed E-state index contributed by atoms with van der Waals surface area (Å²) in [6, 6.07) is 5.48. The Morgan fingerprint density at radius 1 is 1.43 bits per heavy atom. The van der Waals surface area contributed by atoms with Crippen molar-refractivity contribution >= 4 is 4.59 Å². The number of aromatic nitrogens is 1. The van der Waals surface area contributed by atoms with Gasteiger partial charge in [0.15, 0.2) is 0 Å². The van der Waals surface area contributed by atoms with Crippen molar-refractivity contribution in [1.82, 2.24) is 4.98 Å². The Balaban J connectivity index is 3.02. The third-order valence-electron chi connectivity index (χ3n) is 0.606. The SMILES string of the molecule is [Cu][c]1ccccn1. The minimum atomic E-state index is 0.634. The zero-order valence-electron chi connectivity index (χ0n) is 3.56. The van der Waals surface area contributed by atoms with E-state index in [-0.39, 0.29) is 0 Å². The monoisotopic (exact) mass is 141 g/mol. The van der Waals surface area contributed by atoms with Crippen molar-refractivity contribution in [3.05, 3.63) is 24.4 Å². The molecular weight excluding hydrogens is 138 g/mol. The molecule has 0 aromatic carbocycles. The number of nitrogens with zero attached hydrogens (tertiary/aromatic N) is 1. The van der Waals surface area contributed by atoms with Gasteiger partial charge in [-0.05, 0) is 0 Å². The molecule has 1 rings (SSSR count). The molecule has 7 heavy (non-hydrogen) atoms. The van der Waals surface area contributed by atoms with Crippen molar-refractivity contribution in [2.75, 3.05) is 0 Å². The maximum absolute atomic E-state index is 4.84. The standard InChI is InChI=1S/C5H4N.Cu/c1-2-4-6-5-3-1;/h1-4H;. The molecule has 0 spiro atoms. The van der Waals surface area contributed by atoms with Crippen LogP contribution in [0.25, 0.3) is 0 Å². The van der Waals surface area contributed by atoms with Gasteiger partial charge in [0.1, 0.15) is 0 Å². The van der Waals surface area contributed by atoms with Gasteiger partial charge in [0.25, 0.3) is 0 Å². The minimum absolute atomic E-state index is 0.634. The first-order valence-corrected chi connectivity index (χ1v) is 2.39. The Labute approximate surface area is 50.6 Å². The zero-order valence-corrected chi connectivity index (χ0v) is 4.50. The van der Waals surface area contributed by atoms with Crippen LogP contribution in [-0.2, 0) is 16.0 Å². The fourth-order valence-corrected chi connectivity index (χ4v) is 0.490. The fourth-order valence-electron chi connectivity index (χ4n) is 0.329. The Bertz CT molecular complexity index is 138. The van der Waals surface area contributed by atoms with Gasteiger partial charge in [-0.2, -0.15) is 0 Å². The van der Waals surface area contributed by atoms with Gasteiger partial charge >= 0.3 is 50.0 Å². The molecule has 1 nitrogen and oxygen atoms in total. The van der Waals surface area contributed by atoms with Gasteiger partial charge in [-0.1, -0.05) is 0 Å². The maximum atomic E-state index is 4.84. The predicted molar refractivity (Wildman–Crippen MR) is 23.9 cm³/mol. The summed E-state index contributed by atoms with van der Waals surface area (Å²) >= 11 is 4.84. The molecule has 0 unspecified atom stereocenters. The average Bonchev–Trinajstić information content (AvgIpc) is 1.69. The zero-order chi connectivity index (χ0) is 5.11. The van der Waals surface area contributed by atoms with Crippen LogP contribution in [-0.4, -0.2) is 4.98 Å². The molecule has 0 amide bonds. The van der Waals surface area contributed by atoms with Crippen molar-refractivity contribution in [2.45, 2.75) is 0 Å². The molecule has 0 aliphatic rings. The van der Waals surface area contributed by atoms with Crippen molar-refractivity contribution in [2.24, 2.45) is 0 Å². The summed E-state index contributed by atoms with van der Waals surface area (Å²) < 4.78 is 0.634. The van der Waals surface area contributed by atoms with Crippen molar-refractivity contribution in [1.29, 1.82) is 0 Å². The third kappa shape index (κ3) is 1.30. The first-order chi connectivity index (χ1) is 3.39. The Morgan fingerprint density at radius 3 is 2.57 bits per heavy atom. The molecule has 0 fully saturated rings. The van der Waals surface area contributed by atoms with Gasteiger partial charge in [-0.15, -0.1) is 0 Å². The molecule has 0 saturated carbocycles. The molecule has 0 radical (unpaired) electrons. The van der Waals surface area contributed by atoms with Crippen LogP contribution in [0.5, 0.6) is 0 Å². The summed E-state index contributed by atoms with van der Waals surface area (Å²) in [6.45, 7) is 0. The molecule has 1 heterocycles. The second-order valence-electron chi connectivity index (χ2n) is 1.11. The van der Waals surface area contributed by atoms with Gasteiger partial charge in [0.05, 0.1) is 0 Å². The molecule has 0 atom stereocenters. The van der Waals surface area contributed by atoms with E-state index in [0.717, 1.165) is 0 Å². The van der Waals surface area contributed by atoms with Crippen LogP contribution in [0.4, 0.5) is 0 Å². The van der Waals surface area contributed by atoms with E-state index in [9.17, 15) is 0 Å². The second kappa shape index (κ2) is 2.10. The number of hydrogen-bond donors (Lipinski definition) is 0. The summed E-state index contributed by atoms with van der Waals surface area (Å²) in [7, 11) is 0. The van der Waals surface area contributed by atoms with Crippen LogP contribution in [0.15, 0.2) is 24.4 Å². The van der Waals surface area contributed by atoms with Crippen LogP contribution >= 0.6 is 0 Å². The first-order valence-electron chi connectivity index (χ1n) is 1.92. The van der Waals surface area contributed by atoms with E-state index >= 15 is 0 Å². The summed E-state index contributed by atoms with van der Waals surface area (Å²) in [5, 5.41) is 0. The molecule has 0 N–H and O–H groups in total. The van der Waals surface area contributed by atoms with E-state index in [1.54, 1.807) is 12.3 Å². The van der Waals surface area contributed by atoms with E-state index in [4.69, 9.17) is 16.0 Å². The average molecular weight is 142 g/mol. The van der Waals surface area contributed by atoms with Crippen LogP contribution in [0.1, 0.15) is 0 Å². The molecule has 1 aromatic heterocycles. The summed E-state index contributed by atoms with van der Waals surface area (Å²) in [5.74, 6) is 0. The number of rotatable bonds is 0. The van der Waals surface area contributed by atoms with E-state index in [1.807, 2.05) is 12.1 Å². The first kappa shape index (κ1) is 4.82. The van der Waals surface area contributed by atoms with Crippen molar-refractivity contribution < 1.29 is 16.0 Å². The Kier molecular flexibility index (Phi) is 1.45. The van der Waals surface area contributed by atoms with E-state index in [2.05, 4.69) is 4.98 Å². The van der Waals surface area contributed by atoms with Crippen molar-refractivity contribution in [3.8, 4) is 0 Å². The van der Waals surface area contributed by atoms with Crippen LogP contribution in [0.3, 0.4) is 0 Å². The Morgan fingerprint density at radius 2 is 2.29 bits per heavy atom. The molecule has 0 aliphatic carbocycles. The predicted octanol–water partition coefficient (Wildman–Crippen LogP) is 0.254. The van der Waals surface area contributed by atoms with Crippen LogP contribution in [0.2, 0.25) is 0 Å². The quantitative estimate of drug-likeness (QED) is 0.473. The normalized spacial score (nSPS) is 8.86. The molecule has 0 bridgehead atoms. The number of pyridine rings is 1. The topological polar surface area (TPSA) is 12.9 Å². The molecule has 40 valence electrons. The van der Waals surface area contributed by atoms with E-state index < -0.39 is 0 Å². The second-order valence-corrected chi connectivity index (χ2v) is 1.60. The van der Waals surface area contributed by atoms with Crippen molar-refractivity contribution in [3.63, 3.8) is 0 Å². The summed E-state index contributed by atoms with van der Waals surface area (Å²) in [6.07, 6.45) is 1.68. The summed E-state index contributed by atoms with van der Waals surface area (Å²) in [5.41, 5.74) is 0. The van der Waals surface area contributed by atoms with Gasteiger partial charge in [-0.25, -0.2) is 0 Å². The van der Waals surface area contributed by atoms with Gasteiger partial charge in [-0.3, -0.25) is 0 Å². The molecule has 2 heteroatoms. The molecule has 0 aliphatic heterocycles. The molecule has 0 saturated heterocycles. The fraction of sp³-hybridized carbons (Fsp3) is 0. The Hall–Kier alpha value is -0.331. The van der Waals surface area contributed by atoms with Gasteiger partial charge < -0.3 is 0 Å². The molecule has 1 aromatic rings. The number of hydrogen-bond acceptors (Lipinski definition) is 1. The van der Waals surface area contributed by atoms with E-state index in [1.165, 1.54) is 0 Å². The summed E-state index contributed by atoms with van der Waals surface area (Å²) in [4.78, 5) is 3.78.